The summed E-state index contributed by atoms with van der Waals surface area (Å²) in [5.74, 6) is 1.67. The number of Topliss-reactive ketones (excluding diaryl/α,β-unsaturated/α-hetero) is 1. The fourth-order valence-corrected chi connectivity index (χ4v) is 3.21. The Kier molecular flexibility index (Phi) is 3.05. The monoisotopic (exact) mass is 258 g/mol. The number of allylic oxidation sites excluding steroid dienone is 2. The van der Waals surface area contributed by atoms with E-state index in [9.17, 15) is 4.79 Å². The second-order valence-corrected chi connectivity index (χ2v) is 5.09. The third-order valence-corrected chi connectivity index (χ3v) is 4.09. The van der Waals surface area contributed by atoms with Gasteiger partial charge in [-0.2, -0.15) is 0 Å². The van der Waals surface area contributed by atoms with Crippen LogP contribution in [-0.4, -0.2) is 20.0 Å². The molecule has 2 aliphatic rings. The van der Waals surface area contributed by atoms with E-state index < -0.39 is 0 Å². The highest BCUT2D eigenvalue weighted by Gasteiger charge is 2.30. The minimum absolute atomic E-state index is 0.258. The van der Waals surface area contributed by atoms with Crippen LogP contribution in [0.4, 0.5) is 0 Å². The van der Waals surface area contributed by atoms with Crippen LogP contribution in [0.5, 0.6) is 11.5 Å². The van der Waals surface area contributed by atoms with Gasteiger partial charge in [-0.3, -0.25) is 4.79 Å². The van der Waals surface area contributed by atoms with Gasteiger partial charge >= 0.3 is 0 Å². The first-order valence-electron chi connectivity index (χ1n) is 6.75. The zero-order valence-corrected chi connectivity index (χ0v) is 11.4. The van der Waals surface area contributed by atoms with Crippen molar-refractivity contribution >= 4 is 11.4 Å². The van der Waals surface area contributed by atoms with Crippen molar-refractivity contribution in [1.82, 2.24) is 0 Å². The van der Waals surface area contributed by atoms with Gasteiger partial charge in [-0.1, -0.05) is 11.6 Å². The SMILES string of the molecule is COc1ccc2c(c1OC)C1=C(CCCC1=O)CC2. The van der Waals surface area contributed by atoms with E-state index in [4.69, 9.17) is 9.47 Å². The first-order valence-corrected chi connectivity index (χ1v) is 6.75. The summed E-state index contributed by atoms with van der Waals surface area (Å²) in [5, 5.41) is 0. The smallest absolute Gasteiger partial charge is 0.168 e. The molecule has 0 aromatic heterocycles. The average molecular weight is 258 g/mol. The summed E-state index contributed by atoms with van der Waals surface area (Å²) in [6.07, 6.45) is 4.67. The van der Waals surface area contributed by atoms with Crippen molar-refractivity contribution in [3.8, 4) is 11.5 Å². The van der Waals surface area contributed by atoms with Crippen molar-refractivity contribution < 1.29 is 14.3 Å². The van der Waals surface area contributed by atoms with E-state index in [-0.39, 0.29) is 5.78 Å². The van der Waals surface area contributed by atoms with Crippen LogP contribution in [0.25, 0.3) is 5.57 Å². The summed E-state index contributed by atoms with van der Waals surface area (Å²) < 4.78 is 10.9. The van der Waals surface area contributed by atoms with E-state index in [1.54, 1.807) is 14.2 Å². The lowest BCUT2D eigenvalue weighted by Crippen LogP contribution is -2.17. The lowest BCUT2D eigenvalue weighted by molar-refractivity contribution is -0.114. The van der Waals surface area contributed by atoms with Gasteiger partial charge in [0.05, 0.1) is 14.2 Å². The molecule has 19 heavy (non-hydrogen) atoms. The minimum Gasteiger partial charge on any atom is -0.493 e. The highest BCUT2D eigenvalue weighted by atomic mass is 16.5. The first kappa shape index (κ1) is 12.3. The summed E-state index contributed by atoms with van der Waals surface area (Å²) >= 11 is 0. The molecule has 0 heterocycles. The predicted octanol–water partition coefficient (Wildman–Crippen LogP) is 3.16. The molecule has 100 valence electrons. The molecular formula is C16H18O3. The number of ether oxygens (including phenoxy) is 2. The molecule has 0 radical (unpaired) electrons. The Hall–Kier alpha value is -1.77. The van der Waals surface area contributed by atoms with Gasteiger partial charge in [0, 0.05) is 17.6 Å². The molecular weight excluding hydrogens is 240 g/mol. The number of carbonyl (C=O) groups excluding carboxylic acids is 1. The molecule has 1 aromatic rings. The van der Waals surface area contributed by atoms with Crippen molar-refractivity contribution in [1.29, 1.82) is 0 Å². The molecule has 0 saturated heterocycles. The van der Waals surface area contributed by atoms with Gasteiger partial charge < -0.3 is 9.47 Å². The van der Waals surface area contributed by atoms with Crippen LogP contribution in [0.2, 0.25) is 0 Å². The maximum absolute atomic E-state index is 12.3. The van der Waals surface area contributed by atoms with Crippen LogP contribution in [0.3, 0.4) is 0 Å². The fourth-order valence-electron chi connectivity index (χ4n) is 3.21. The van der Waals surface area contributed by atoms with Crippen LogP contribution in [-0.2, 0) is 11.2 Å². The lowest BCUT2D eigenvalue weighted by atomic mass is 9.77. The van der Waals surface area contributed by atoms with Crippen molar-refractivity contribution in [3.63, 3.8) is 0 Å². The van der Waals surface area contributed by atoms with Gasteiger partial charge in [-0.05, 0) is 37.3 Å². The van der Waals surface area contributed by atoms with Crippen molar-refractivity contribution in [2.24, 2.45) is 0 Å². The molecule has 0 fully saturated rings. The predicted molar refractivity (Wildman–Crippen MR) is 73.6 cm³/mol. The molecule has 0 spiro atoms. The van der Waals surface area contributed by atoms with Crippen LogP contribution in [0, 0.1) is 0 Å². The summed E-state index contributed by atoms with van der Waals surface area (Å²) in [6.45, 7) is 0. The Labute approximate surface area is 113 Å². The van der Waals surface area contributed by atoms with Crippen LogP contribution >= 0.6 is 0 Å². The van der Waals surface area contributed by atoms with E-state index in [0.29, 0.717) is 17.9 Å². The van der Waals surface area contributed by atoms with Crippen molar-refractivity contribution in [2.75, 3.05) is 14.2 Å². The number of methoxy groups -OCH3 is 2. The molecule has 2 aliphatic carbocycles. The highest BCUT2D eigenvalue weighted by Crippen LogP contribution is 2.45. The van der Waals surface area contributed by atoms with Gasteiger partial charge in [0.25, 0.3) is 0 Å². The van der Waals surface area contributed by atoms with Crippen LogP contribution in [0.1, 0.15) is 36.8 Å². The fraction of sp³-hybridized carbons (Fsp3) is 0.438. The van der Waals surface area contributed by atoms with Gasteiger partial charge in [-0.25, -0.2) is 0 Å². The highest BCUT2D eigenvalue weighted by molar-refractivity contribution is 6.23. The van der Waals surface area contributed by atoms with Crippen LogP contribution in [0.15, 0.2) is 17.7 Å². The van der Waals surface area contributed by atoms with E-state index in [2.05, 4.69) is 6.07 Å². The zero-order valence-electron chi connectivity index (χ0n) is 11.4. The molecule has 3 rings (SSSR count). The molecule has 0 saturated carbocycles. The number of hydrogen-bond donors (Lipinski definition) is 0. The van der Waals surface area contributed by atoms with E-state index in [1.165, 1.54) is 11.1 Å². The number of rotatable bonds is 2. The first-order chi connectivity index (χ1) is 9.26. The van der Waals surface area contributed by atoms with Gasteiger partial charge in [0.2, 0.25) is 0 Å². The molecule has 0 N–H and O–H groups in total. The van der Waals surface area contributed by atoms with Crippen molar-refractivity contribution in [3.05, 3.63) is 28.8 Å². The topological polar surface area (TPSA) is 35.5 Å². The molecule has 0 bridgehead atoms. The number of aryl methyl sites for hydroxylation is 1. The molecule has 3 heteroatoms. The molecule has 3 nitrogen and oxygen atoms in total. The third kappa shape index (κ3) is 1.84. The van der Waals surface area contributed by atoms with Gasteiger partial charge in [-0.15, -0.1) is 0 Å². The lowest BCUT2D eigenvalue weighted by Gasteiger charge is -2.28. The number of benzene rings is 1. The Balaban J connectivity index is 2.26. The van der Waals surface area contributed by atoms with Gasteiger partial charge in [0.1, 0.15) is 0 Å². The third-order valence-electron chi connectivity index (χ3n) is 4.09. The maximum atomic E-state index is 12.3. The van der Waals surface area contributed by atoms with E-state index >= 15 is 0 Å². The summed E-state index contributed by atoms with van der Waals surface area (Å²) in [7, 11) is 3.27. The Bertz CT molecular complexity index is 570. The van der Waals surface area contributed by atoms with Crippen molar-refractivity contribution in [2.45, 2.75) is 32.1 Å². The number of hydrogen-bond acceptors (Lipinski definition) is 3. The van der Waals surface area contributed by atoms with Crippen LogP contribution < -0.4 is 9.47 Å². The normalized spacial score (nSPS) is 17.9. The molecule has 0 amide bonds. The van der Waals surface area contributed by atoms with Gasteiger partial charge in [0.15, 0.2) is 17.3 Å². The zero-order chi connectivity index (χ0) is 13.4. The Morgan fingerprint density at radius 2 is 1.84 bits per heavy atom. The Morgan fingerprint density at radius 1 is 1.00 bits per heavy atom. The summed E-state index contributed by atoms with van der Waals surface area (Å²) in [4.78, 5) is 12.3. The Morgan fingerprint density at radius 3 is 2.58 bits per heavy atom. The molecule has 0 unspecified atom stereocenters. The summed E-state index contributed by atoms with van der Waals surface area (Å²) in [6, 6.07) is 3.98. The molecule has 0 aliphatic heterocycles. The molecule has 0 atom stereocenters. The average Bonchev–Trinajstić information content (AvgIpc) is 2.45. The number of ketones is 1. The van der Waals surface area contributed by atoms with E-state index in [0.717, 1.165) is 36.8 Å². The second-order valence-electron chi connectivity index (χ2n) is 5.09. The quantitative estimate of drug-likeness (QED) is 0.817. The second kappa shape index (κ2) is 4.72. The molecule has 1 aromatic carbocycles. The largest absolute Gasteiger partial charge is 0.493 e. The number of fused-ring (bicyclic) bond motifs is 2. The number of carbonyl (C=O) groups is 1. The maximum Gasteiger partial charge on any atom is 0.168 e. The minimum atomic E-state index is 0.258. The van der Waals surface area contributed by atoms with E-state index in [1.807, 2.05) is 6.07 Å². The standard InChI is InChI=1S/C16H18O3/c1-18-13-9-8-11-7-6-10-4-3-5-12(17)14(10)15(11)16(13)19-2/h8-9H,3-7H2,1-2H3. The summed E-state index contributed by atoms with van der Waals surface area (Å²) in [5.41, 5.74) is 4.39.